The second kappa shape index (κ2) is 6.10. The molecular formula is C16H19BrN2O3. The predicted octanol–water partition coefficient (Wildman–Crippen LogP) is 2.19. The van der Waals surface area contributed by atoms with Crippen molar-refractivity contribution in [2.75, 3.05) is 18.0 Å². The molecule has 2 aliphatic heterocycles. The Bertz CT molecular complexity index is 580. The predicted molar refractivity (Wildman–Crippen MR) is 86.6 cm³/mol. The number of ether oxygens (including phenoxy) is 1. The van der Waals surface area contributed by atoms with E-state index in [0.717, 1.165) is 4.47 Å². The first kappa shape index (κ1) is 15.6. The van der Waals surface area contributed by atoms with Gasteiger partial charge in [-0.15, -0.1) is 0 Å². The summed E-state index contributed by atoms with van der Waals surface area (Å²) >= 11 is 3.36. The smallest absolute Gasteiger partial charge is 0.251 e. The Morgan fingerprint density at radius 2 is 1.68 bits per heavy atom. The van der Waals surface area contributed by atoms with E-state index in [4.69, 9.17) is 4.74 Å². The van der Waals surface area contributed by atoms with Crippen LogP contribution in [0, 0.1) is 0 Å². The van der Waals surface area contributed by atoms with Crippen molar-refractivity contribution in [2.45, 2.75) is 38.5 Å². The molecule has 2 amide bonds. The monoisotopic (exact) mass is 366 g/mol. The van der Waals surface area contributed by atoms with Crippen LogP contribution in [0.25, 0.3) is 0 Å². The summed E-state index contributed by atoms with van der Waals surface area (Å²) in [6.07, 6.45) is 0.399. The van der Waals surface area contributed by atoms with Crippen LogP contribution in [-0.2, 0) is 14.3 Å². The Balaban J connectivity index is 1.80. The number of carbonyl (C=O) groups is 2. The van der Waals surface area contributed by atoms with Crippen molar-refractivity contribution in [3.8, 4) is 0 Å². The van der Waals surface area contributed by atoms with Gasteiger partial charge in [0.1, 0.15) is 0 Å². The minimum atomic E-state index is -0.370. The maximum Gasteiger partial charge on any atom is 0.251 e. The van der Waals surface area contributed by atoms with Gasteiger partial charge >= 0.3 is 0 Å². The molecule has 3 rings (SSSR count). The molecule has 118 valence electrons. The van der Waals surface area contributed by atoms with E-state index in [1.807, 2.05) is 26.0 Å². The summed E-state index contributed by atoms with van der Waals surface area (Å²) in [7, 11) is 0. The topological polar surface area (TPSA) is 49.9 Å². The fourth-order valence-electron chi connectivity index (χ4n) is 3.23. The molecule has 2 saturated heterocycles. The minimum Gasteiger partial charge on any atom is -0.373 e. The van der Waals surface area contributed by atoms with Crippen molar-refractivity contribution in [3.63, 3.8) is 0 Å². The molecule has 3 atom stereocenters. The Kier molecular flexibility index (Phi) is 4.34. The Labute approximate surface area is 138 Å². The molecule has 0 aliphatic carbocycles. The van der Waals surface area contributed by atoms with E-state index >= 15 is 0 Å². The highest BCUT2D eigenvalue weighted by Crippen LogP contribution is 2.28. The standard InChI is InChI=1S/C16H19BrN2O3/c1-10-8-18(9-11(2)22-10)14-7-15(20)19(16(14)21)13-5-3-12(17)4-6-13/h3-6,10-11,14H,7-9H2,1-2H3/t10-,11-,14-/m1/s1. The first-order chi connectivity index (χ1) is 10.5. The largest absolute Gasteiger partial charge is 0.373 e. The quantitative estimate of drug-likeness (QED) is 0.752. The highest BCUT2D eigenvalue weighted by atomic mass is 79.9. The Morgan fingerprint density at radius 3 is 2.27 bits per heavy atom. The second-order valence-corrected chi connectivity index (χ2v) is 6.89. The number of halogens is 1. The van der Waals surface area contributed by atoms with Crippen molar-refractivity contribution < 1.29 is 14.3 Å². The molecule has 2 fully saturated rings. The van der Waals surface area contributed by atoms with Crippen LogP contribution in [-0.4, -0.2) is 48.1 Å². The van der Waals surface area contributed by atoms with Crippen molar-refractivity contribution >= 4 is 33.4 Å². The number of rotatable bonds is 2. The molecule has 0 radical (unpaired) electrons. The van der Waals surface area contributed by atoms with E-state index < -0.39 is 0 Å². The van der Waals surface area contributed by atoms with Crippen LogP contribution in [0.3, 0.4) is 0 Å². The number of amides is 2. The lowest BCUT2D eigenvalue weighted by Gasteiger charge is -2.37. The number of morpholine rings is 1. The number of imide groups is 1. The van der Waals surface area contributed by atoms with Crippen LogP contribution in [0.1, 0.15) is 20.3 Å². The summed E-state index contributed by atoms with van der Waals surface area (Å²) in [5.41, 5.74) is 0.634. The fraction of sp³-hybridized carbons (Fsp3) is 0.500. The van der Waals surface area contributed by atoms with Crippen LogP contribution in [0.2, 0.25) is 0 Å². The molecule has 5 nitrogen and oxygen atoms in total. The van der Waals surface area contributed by atoms with Gasteiger partial charge in [0.15, 0.2) is 0 Å². The molecule has 1 aromatic carbocycles. The van der Waals surface area contributed by atoms with Crippen molar-refractivity contribution in [2.24, 2.45) is 0 Å². The summed E-state index contributed by atoms with van der Waals surface area (Å²) in [6.45, 7) is 5.36. The van der Waals surface area contributed by atoms with Gasteiger partial charge in [-0.2, -0.15) is 0 Å². The number of hydrogen-bond acceptors (Lipinski definition) is 4. The van der Waals surface area contributed by atoms with E-state index in [9.17, 15) is 9.59 Å². The molecule has 0 spiro atoms. The third kappa shape index (κ3) is 2.95. The molecule has 2 heterocycles. The number of benzene rings is 1. The normalized spacial score (nSPS) is 30.1. The highest BCUT2D eigenvalue weighted by Gasteiger charge is 2.44. The van der Waals surface area contributed by atoms with Gasteiger partial charge in [-0.3, -0.25) is 14.5 Å². The van der Waals surface area contributed by atoms with E-state index in [-0.39, 0.29) is 36.5 Å². The minimum absolute atomic E-state index is 0.0772. The fourth-order valence-corrected chi connectivity index (χ4v) is 3.50. The zero-order valence-corrected chi connectivity index (χ0v) is 14.2. The molecule has 0 aromatic heterocycles. The van der Waals surface area contributed by atoms with Gasteiger partial charge in [0.25, 0.3) is 5.91 Å². The van der Waals surface area contributed by atoms with Crippen LogP contribution < -0.4 is 4.90 Å². The first-order valence-corrected chi connectivity index (χ1v) is 8.27. The highest BCUT2D eigenvalue weighted by molar-refractivity contribution is 9.10. The number of anilines is 1. The van der Waals surface area contributed by atoms with Crippen LogP contribution in [0.4, 0.5) is 5.69 Å². The third-order valence-electron chi connectivity index (χ3n) is 4.10. The molecule has 0 unspecified atom stereocenters. The summed E-state index contributed by atoms with van der Waals surface area (Å²) < 4.78 is 6.63. The molecule has 0 N–H and O–H groups in total. The number of nitrogens with zero attached hydrogens (tertiary/aromatic N) is 2. The summed E-state index contributed by atoms with van der Waals surface area (Å²) in [4.78, 5) is 28.4. The first-order valence-electron chi connectivity index (χ1n) is 7.47. The molecule has 0 bridgehead atoms. The molecule has 2 aliphatic rings. The number of hydrogen-bond donors (Lipinski definition) is 0. The van der Waals surface area contributed by atoms with Crippen LogP contribution in [0.15, 0.2) is 28.7 Å². The number of carbonyl (C=O) groups excluding carboxylic acids is 2. The lowest BCUT2D eigenvalue weighted by atomic mass is 10.1. The summed E-state index contributed by atoms with van der Waals surface area (Å²) in [6, 6.07) is 6.87. The van der Waals surface area contributed by atoms with Gasteiger partial charge in [0.2, 0.25) is 5.91 Å². The Hall–Kier alpha value is -1.24. The van der Waals surface area contributed by atoms with E-state index in [1.165, 1.54) is 4.90 Å². The maximum absolute atomic E-state index is 12.7. The average molecular weight is 367 g/mol. The van der Waals surface area contributed by atoms with E-state index in [1.54, 1.807) is 12.1 Å². The van der Waals surface area contributed by atoms with E-state index in [0.29, 0.717) is 18.8 Å². The lowest BCUT2D eigenvalue weighted by molar-refractivity contribution is -0.127. The van der Waals surface area contributed by atoms with Gasteiger partial charge < -0.3 is 4.74 Å². The maximum atomic E-state index is 12.7. The summed E-state index contributed by atoms with van der Waals surface area (Å²) in [5.74, 6) is -0.266. The average Bonchev–Trinajstić information content (AvgIpc) is 2.74. The van der Waals surface area contributed by atoms with Crippen LogP contribution in [0.5, 0.6) is 0 Å². The van der Waals surface area contributed by atoms with Gasteiger partial charge in [-0.1, -0.05) is 15.9 Å². The van der Waals surface area contributed by atoms with Crippen molar-refractivity contribution in [3.05, 3.63) is 28.7 Å². The zero-order chi connectivity index (χ0) is 15.9. The van der Waals surface area contributed by atoms with Gasteiger partial charge in [-0.05, 0) is 38.1 Å². The SMILES string of the molecule is C[C@@H]1CN([C@@H]2CC(=O)N(c3ccc(Br)cc3)C2=O)C[C@@H](C)O1. The molecule has 22 heavy (non-hydrogen) atoms. The van der Waals surface area contributed by atoms with E-state index in [2.05, 4.69) is 20.8 Å². The lowest BCUT2D eigenvalue weighted by Crippen LogP contribution is -2.52. The van der Waals surface area contributed by atoms with Gasteiger partial charge in [0, 0.05) is 17.6 Å². The molecular weight excluding hydrogens is 348 g/mol. The Morgan fingerprint density at radius 1 is 1.09 bits per heavy atom. The van der Waals surface area contributed by atoms with Gasteiger partial charge in [0.05, 0.1) is 30.4 Å². The third-order valence-corrected chi connectivity index (χ3v) is 4.62. The molecule has 6 heteroatoms. The van der Waals surface area contributed by atoms with Gasteiger partial charge in [-0.25, -0.2) is 4.90 Å². The summed E-state index contributed by atoms with van der Waals surface area (Å²) in [5, 5.41) is 0. The molecule has 0 saturated carbocycles. The van der Waals surface area contributed by atoms with Crippen LogP contribution >= 0.6 is 15.9 Å². The zero-order valence-electron chi connectivity index (χ0n) is 12.7. The molecule has 1 aromatic rings. The van der Waals surface area contributed by atoms with Crippen molar-refractivity contribution in [1.29, 1.82) is 0 Å². The van der Waals surface area contributed by atoms with Crippen molar-refractivity contribution in [1.82, 2.24) is 4.90 Å². The second-order valence-electron chi connectivity index (χ2n) is 5.97.